The third kappa shape index (κ3) is 2.54. The number of benzene rings is 1. The van der Waals surface area contributed by atoms with Gasteiger partial charge in [-0.25, -0.2) is 4.98 Å². The predicted octanol–water partition coefficient (Wildman–Crippen LogP) is 2.15. The Morgan fingerprint density at radius 2 is 2.22 bits per heavy atom. The number of nitrogens with one attached hydrogen (secondary N) is 1. The Balaban J connectivity index is 2.31. The monoisotopic (exact) mass is 245 g/mol. The van der Waals surface area contributed by atoms with E-state index in [4.69, 9.17) is 10.5 Å². The van der Waals surface area contributed by atoms with Crippen molar-refractivity contribution in [1.82, 2.24) is 9.97 Å². The standard InChI is InChI=1S/C14H19N3O/c1-3-10-8-11(4-5-13(10)18-2)12-9-16-14(17-12)6-7-15/h4-5,8-9H,3,6-7,15H2,1-2H3,(H,16,17). The van der Waals surface area contributed by atoms with E-state index in [0.29, 0.717) is 6.54 Å². The van der Waals surface area contributed by atoms with E-state index in [1.165, 1.54) is 5.56 Å². The van der Waals surface area contributed by atoms with E-state index in [0.717, 1.165) is 35.7 Å². The molecule has 4 heteroatoms. The van der Waals surface area contributed by atoms with Gasteiger partial charge < -0.3 is 15.5 Å². The third-order valence-corrected chi connectivity index (χ3v) is 2.98. The molecule has 0 bridgehead atoms. The zero-order chi connectivity index (χ0) is 13.0. The summed E-state index contributed by atoms with van der Waals surface area (Å²) in [6, 6.07) is 6.17. The van der Waals surface area contributed by atoms with Gasteiger partial charge in [0, 0.05) is 12.0 Å². The Morgan fingerprint density at radius 3 is 2.89 bits per heavy atom. The number of aromatic nitrogens is 2. The molecule has 0 spiro atoms. The Labute approximate surface area is 107 Å². The molecule has 0 aliphatic carbocycles. The first-order valence-electron chi connectivity index (χ1n) is 6.19. The summed E-state index contributed by atoms with van der Waals surface area (Å²) in [5.74, 6) is 1.87. The summed E-state index contributed by atoms with van der Waals surface area (Å²) in [6.07, 6.45) is 3.57. The molecule has 0 fully saturated rings. The smallest absolute Gasteiger partial charge is 0.122 e. The number of ether oxygens (including phenoxy) is 1. The minimum absolute atomic E-state index is 0.607. The average molecular weight is 245 g/mol. The lowest BCUT2D eigenvalue weighted by Crippen LogP contribution is -2.03. The summed E-state index contributed by atoms with van der Waals surface area (Å²) in [5.41, 5.74) is 8.87. The molecular weight excluding hydrogens is 226 g/mol. The van der Waals surface area contributed by atoms with Gasteiger partial charge in [0.25, 0.3) is 0 Å². The Hall–Kier alpha value is -1.81. The molecule has 2 aromatic rings. The molecule has 0 aliphatic heterocycles. The number of hydrogen-bond donors (Lipinski definition) is 2. The minimum Gasteiger partial charge on any atom is -0.496 e. The Kier molecular flexibility index (Phi) is 3.99. The van der Waals surface area contributed by atoms with Crippen LogP contribution in [-0.4, -0.2) is 23.6 Å². The van der Waals surface area contributed by atoms with Crippen LogP contribution < -0.4 is 10.5 Å². The lowest BCUT2D eigenvalue weighted by molar-refractivity contribution is 0.410. The van der Waals surface area contributed by atoms with Gasteiger partial charge in [-0.3, -0.25) is 0 Å². The first-order chi connectivity index (χ1) is 8.78. The summed E-state index contributed by atoms with van der Waals surface area (Å²) in [5, 5.41) is 0. The van der Waals surface area contributed by atoms with Crippen LogP contribution in [0.1, 0.15) is 18.3 Å². The fourth-order valence-corrected chi connectivity index (χ4v) is 2.00. The highest BCUT2D eigenvalue weighted by Crippen LogP contribution is 2.26. The number of aromatic amines is 1. The van der Waals surface area contributed by atoms with Gasteiger partial charge in [-0.05, 0) is 36.7 Å². The van der Waals surface area contributed by atoms with Crippen LogP contribution in [0.5, 0.6) is 5.75 Å². The van der Waals surface area contributed by atoms with Gasteiger partial charge in [-0.1, -0.05) is 6.92 Å². The van der Waals surface area contributed by atoms with Crippen LogP contribution in [0.2, 0.25) is 0 Å². The molecular formula is C14H19N3O. The highest BCUT2D eigenvalue weighted by molar-refractivity contribution is 5.61. The maximum Gasteiger partial charge on any atom is 0.122 e. The lowest BCUT2D eigenvalue weighted by Gasteiger charge is -2.08. The molecule has 0 saturated heterocycles. The number of nitrogens with two attached hydrogens (primary N) is 1. The maximum atomic E-state index is 5.52. The Morgan fingerprint density at radius 1 is 1.39 bits per heavy atom. The van der Waals surface area contributed by atoms with Gasteiger partial charge in [0.15, 0.2) is 0 Å². The normalized spacial score (nSPS) is 10.6. The molecule has 0 saturated carbocycles. The number of rotatable bonds is 5. The number of hydrogen-bond acceptors (Lipinski definition) is 3. The van der Waals surface area contributed by atoms with Crippen molar-refractivity contribution < 1.29 is 4.74 Å². The molecule has 1 aromatic heterocycles. The average Bonchev–Trinajstić information content (AvgIpc) is 2.87. The fourth-order valence-electron chi connectivity index (χ4n) is 2.00. The first-order valence-corrected chi connectivity index (χ1v) is 6.19. The molecule has 0 amide bonds. The zero-order valence-corrected chi connectivity index (χ0v) is 10.9. The van der Waals surface area contributed by atoms with E-state index in [2.05, 4.69) is 23.0 Å². The number of nitrogens with zero attached hydrogens (tertiary/aromatic N) is 1. The molecule has 0 unspecified atom stereocenters. The number of imidazole rings is 1. The first kappa shape index (κ1) is 12.6. The van der Waals surface area contributed by atoms with Crippen LogP contribution in [0.15, 0.2) is 24.4 Å². The minimum atomic E-state index is 0.607. The second-order valence-electron chi connectivity index (χ2n) is 4.16. The van der Waals surface area contributed by atoms with Crippen molar-refractivity contribution in [1.29, 1.82) is 0 Å². The third-order valence-electron chi connectivity index (χ3n) is 2.98. The summed E-state index contributed by atoms with van der Waals surface area (Å²) in [7, 11) is 1.70. The van der Waals surface area contributed by atoms with E-state index in [1.54, 1.807) is 7.11 Å². The fraction of sp³-hybridized carbons (Fsp3) is 0.357. The molecule has 0 radical (unpaired) electrons. The highest BCUT2D eigenvalue weighted by atomic mass is 16.5. The SMILES string of the molecule is CCc1cc(-c2cnc(CCN)[nH]2)ccc1OC. The van der Waals surface area contributed by atoms with Crippen molar-refractivity contribution in [3.8, 4) is 17.0 Å². The van der Waals surface area contributed by atoms with Crippen molar-refractivity contribution in [3.05, 3.63) is 35.8 Å². The van der Waals surface area contributed by atoms with Gasteiger partial charge in [0.1, 0.15) is 11.6 Å². The molecule has 2 rings (SSSR count). The molecule has 0 aliphatic rings. The van der Waals surface area contributed by atoms with E-state index in [1.807, 2.05) is 18.3 Å². The highest BCUT2D eigenvalue weighted by Gasteiger charge is 2.06. The summed E-state index contributed by atoms with van der Waals surface area (Å²) in [4.78, 5) is 7.60. The van der Waals surface area contributed by atoms with Crippen molar-refractivity contribution >= 4 is 0 Å². The van der Waals surface area contributed by atoms with Gasteiger partial charge in [-0.2, -0.15) is 0 Å². The quantitative estimate of drug-likeness (QED) is 0.848. The van der Waals surface area contributed by atoms with E-state index >= 15 is 0 Å². The number of aryl methyl sites for hydroxylation is 1. The second-order valence-corrected chi connectivity index (χ2v) is 4.16. The number of methoxy groups -OCH3 is 1. The largest absolute Gasteiger partial charge is 0.496 e. The van der Waals surface area contributed by atoms with Crippen LogP contribution in [0.3, 0.4) is 0 Å². The van der Waals surface area contributed by atoms with Gasteiger partial charge in [0.2, 0.25) is 0 Å². The molecule has 96 valence electrons. The molecule has 18 heavy (non-hydrogen) atoms. The predicted molar refractivity (Wildman–Crippen MR) is 72.7 cm³/mol. The van der Waals surface area contributed by atoms with Crippen molar-refractivity contribution in [2.24, 2.45) is 5.73 Å². The number of H-pyrrole nitrogens is 1. The lowest BCUT2D eigenvalue weighted by atomic mass is 10.1. The van der Waals surface area contributed by atoms with E-state index in [9.17, 15) is 0 Å². The molecule has 3 N–H and O–H groups in total. The zero-order valence-electron chi connectivity index (χ0n) is 10.9. The van der Waals surface area contributed by atoms with Gasteiger partial charge in [-0.15, -0.1) is 0 Å². The van der Waals surface area contributed by atoms with Crippen LogP contribution >= 0.6 is 0 Å². The van der Waals surface area contributed by atoms with E-state index < -0.39 is 0 Å². The van der Waals surface area contributed by atoms with Crippen LogP contribution in [0.4, 0.5) is 0 Å². The van der Waals surface area contributed by atoms with Crippen molar-refractivity contribution in [2.45, 2.75) is 19.8 Å². The van der Waals surface area contributed by atoms with E-state index in [-0.39, 0.29) is 0 Å². The molecule has 0 atom stereocenters. The summed E-state index contributed by atoms with van der Waals surface area (Å²) in [6.45, 7) is 2.73. The van der Waals surface area contributed by atoms with Crippen LogP contribution in [0, 0.1) is 0 Å². The van der Waals surface area contributed by atoms with Gasteiger partial charge in [0.05, 0.1) is 19.0 Å². The van der Waals surface area contributed by atoms with Crippen LogP contribution in [-0.2, 0) is 12.8 Å². The molecule has 1 heterocycles. The van der Waals surface area contributed by atoms with Crippen LogP contribution in [0.25, 0.3) is 11.3 Å². The summed E-state index contributed by atoms with van der Waals surface area (Å²) >= 11 is 0. The summed E-state index contributed by atoms with van der Waals surface area (Å²) < 4.78 is 5.33. The van der Waals surface area contributed by atoms with Crippen molar-refractivity contribution in [3.63, 3.8) is 0 Å². The van der Waals surface area contributed by atoms with Crippen molar-refractivity contribution in [2.75, 3.05) is 13.7 Å². The Bertz CT molecular complexity index is 520. The second kappa shape index (κ2) is 5.69. The maximum absolute atomic E-state index is 5.52. The molecule has 1 aromatic carbocycles. The van der Waals surface area contributed by atoms with Gasteiger partial charge >= 0.3 is 0 Å². The topological polar surface area (TPSA) is 63.9 Å². The molecule has 4 nitrogen and oxygen atoms in total.